The first-order valence-corrected chi connectivity index (χ1v) is 17.9. The van der Waals surface area contributed by atoms with Crippen molar-refractivity contribution in [2.24, 2.45) is 28.4 Å². The number of carbonyl (C=O) groups excluding carboxylic acids is 3. The number of aromatic nitrogens is 2. The molecule has 4 N–H and O–H groups in total. The van der Waals surface area contributed by atoms with Crippen molar-refractivity contribution in [2.75, 3.05) is 19.0 Å². The summed E-state index contributed by atoms with van der Waals surface area (Å²) in [7, 11) is 0.480. The average molecular weight is 720 g/mol. The van der Waals surface area contributed by atoms with Gasteiger partial charge in [-0.2, -0.15) is 4.37 Å². The lowest BCUT2D eigenvalue weighted by atomic mass is 9.43. The zero-order valence-corrected chi connectivity index (χ0v) is 30.9. The van der Waals surface area contributed by atoms with Gasteiger partial charge in [0.15, 0.2) is 5.82 Å². The third-order valence-electron chi connectivity index (χ3n) is 11.2. The monoisotopic (exact) mass is 719 g/mol. The number of ether oxygens (including phenoxy) is 3. The normalized spacial score (nSPS) is 25.0. The van der Waals surface area contributed by atoms with Crippen LogP contribution in [0.2, 0.25) is 0 Å². The molecule has 272 valence electrons. The first-order chi connectivity index (χ1) is 24.1. The molecule has 0 radical (unpaired) electrons. The highest BCUT2D eigenvalue weighted by molar-refractivity contribution is 7.09. The quantitative estimate of drug-likeness (QED) is 0.173. The zero-order chi connectivity index (χ0) is 36.8. The SMILES string of the molecule is COc1ccccc1C(=O)OC[C@@](NC(=O)C(N)c1nsc(NC(=O)OCc2ccccc2)n1)(B1O[C@@H]2C[C@@H]3C[C@@H](C3(C)C)[C@]2(C)O1)C(C)(C)C. The maximum absolute atomic E-state index is 14.1. The van der Waals surface area contributed by atoms with Gasteiger partial charge in [-0.15, -0.1) is 0 Å². The number of para-hydroxylation sites is 1. The van der Waals surface area contributed by atoms with Crippen LogP contribution in [0.3, 0.4) is 0 Å². The van der Waals surface area contributed by atoms with E-state index in [0.717, 1.165) is 29.9 Å². The molecule has 2 bridgehead atoms. The molecule has 13 nitrogen and oxygen atoms in total. The minimum atomic E-state index is -1.42. The van der Waals surface area contributed by atoms with E-state index in [1.54, 1.807) is 24.3 Å². The van der Waals surface area contributed by atoms with Crippen LogP contribution in [0, 0.1) is 22.7 Å². The lowest BCUT2D eigenvalue weighted by Gasteiger charge is -2.64. The Labute approximate surface area is 302 Å². The number of nitrogens with one attached hydrogen (secondary N) is 2. The second kappa shape index (κ2) is 13.8. The van der Waals surface area contributed by atoms with Crippen molar-refractivity contribution in [1.29, 1.82) is 0 Å². The Hall–Kier alpha value is -4.05. The number of hydrogen-bond donors (Lipinski definition) is 3. The van der Waals surface area contributed by atoms with Crippen LogP contribution in [0.25, 0.3) is 0 Å². The van der Waals surface area contributed by atoms with Gasteiger partial charge in [0, 0.05) is 11.5 Å². The summed E-state index contributed by atoms with van der Waals surface area (Å²) in [6.45, 7) is 12.1. The maximum atomic E-state index is 14.1. The summed E-state index contributed by atoms with van der Waals surface area (Å²) in [5.74, 6) is -0.206. The van der Waals surface area contributed by atoms with Crippen LogP contribution < -0.4 is 21.1 Å². The predicted molar refractivity (Wildman–Crippen MR) is 191 cm³/mol. The highest BCUT2D eigenvalue weighted by Gasteiger charge is 2.72. The van der Waals surface area contributed by atoms with Gasteiger partial charge in [-0.1, -0.05) is 77.1 Å². The van der Waals surface area contributed by atoms with Crippen molar-refractivity contribution in [1.82, 2.24) is 14.7 Å². The number of nitrogens with two attached hydrogens (primary N) is 1. The van der Waals surface area contributed by atoms with Gasteiger partial charge in [0.2, 0.25) is 11.0 Å². The number of nitrogens with zero attached hydrogens (tertiary/aromatic N) is 2. The van der Waals surface area contributed by atoms with Gasteiger partial charge in [-0.05, 0) is 60.1 Å². The van der Waals surface area contributed by atoms with Crippen molar-refractivity contribution < 1.29 is 37.9 Å². The van der Waals surface area contributed by atoms with E-state index in [-0.39, 0.29) is 47.2 Å². The van der Waals surface area contributed by atoms with E-state index in [1.165, 1.54) is 7.11 Å². The molecule has 15 heteroatoms. The summed E-state index contributed by atoms with van der Waals surface area (Å²) in [6, 6.07) is 14.6. The minimum absolute atomic E-state index is 0.0128. The number of esters is 1. The zero-order valence-electron chi connectivity index (χ0n) is 30.1. The number of methoxy groups -OCH3 is 1. The van der Waals surface area contributed by atoms with Crippen LogP contribution >= 0.6 is 11.5 Å². The first-order valence-electron chi connectivity index (χ1n) is 17.1. The molecule has 3 aliphatic carbocycles. The molecule has 3 aromatic rings. The molecule has 6 atom stereocenters. The van der Waals surface area contributed by atoms with Crippen molar-refractivity contribution in [3.05, 3.63) is 71.5 Å². The smallest absolute Gasteiger partial charge is 0.489 e. The molecule has 2 aromatic carbocycles. The molecule has 1 aromatic heterocycles. The Morgan fingerprint density at radius 2 is 1.76 bits per heavy atom. The molecule has 7 rings (SSSR count). The van der Waals surface area contributed by atoms with Gasteiger partial charge in [0.25, 0.3) is 0 Å². The van der Waals surface area contributed by atoms with Gasteiger partial charge in [-0.3, -0.25) is 10.1 Å². The van der Waals surface area contributed by atoms with Gasteiger partial charge in [-0.25, -0.2) is 14.6 Å². The van der Waals surface area contributed by atoms with E-state index in [4.69, 9.17) is 29.3 Å². The maximum Gasteiger partial charge on any atom is 0.489 e. The Balaban J connectivity index is 1.24. The van der Waals surface area contributed by atoms with Crippen molar-refractivity contribution in [3.63, 3.8) is 0 Å². The predicted octanol–water partition coefficient (Wildman–Crippen LogP) is 5.32. The highest BCUT2D eigenvalue weighted by atomic mass is 32.1. The average Bonchev–Trinajstić information content (AvgIpc) is 3.72. The summed E-state index contributed by atoms with van der Waals surface area (Å²) in [5, 5.41) is 5.75. The summed E-state index contributed by atoms with van der Waals surface area (Å²) in [4.78, 5) is 44.4. The number of anilines is 1. The summed E-state index contributed by atoms with van der Waals surface area (Å²) in [5.41, 5.74) is 4.76. The number of amides is 2. The summed E-state index contributed by atoms with van der Waals surface area (Å²) in [6.07, 6.45) is 0.906. The fourth-order valence-electron chi connectivity index (χ4n) is 7.74. The van der Waals surface area contributed by atoms with Crippen LogP contribution in [-0.2, 0) is 30.2 Å². The van der Waals surface area contributed by atoms with Gasteiger partial charge in [0.1, 0.15) is 36.0 Å². The van der Waals surface area contributed by atoms with Gasteiger partial charge in [0.05, 0.1) is 18.8 Å². The Bertz CT molecular complexity index is 1770. The standard InChI is InChI=1S/C36H46BN5O8S/c1-33(2,3)36(20-48-30(44)23-15-11-12-16-24(23)46-7,37-49-26-18-22-17-25(34(22,4)5)35(26,6)50-37)41-29(43)27(38)28-39-31(51-42-28)40-32(45)47-19-21-13-9-8-10-14-21/h8-16,22,25-27H,17-20,38H2,1-7H3,(H,41,43)(H,39,40,42,45)/t22-,25-,26+,27?,35-,36-/m0/s1. The molecule has 1 unspecified atom stereocenters. The van der Waals surface area contributed by atoms with Crippen molar-refractivity contribution in [3.8, 4) is 5.75 Å². The molecule has 51 heavy (non-hydrogen) atoms. The topological polar surface area (TPSA) is 173 Å². The molecule has 3 saturated carbocycles. The fourth-order valence-corrected chi connectivity index (χ4v) is 8.34. The second-order valence-corrected chi connectivity index (χ2v) is 16.2. The first kappa shape index (κ1) is 36.7. The van der Waals surface area contributed by atoms with E-state index in [0.29, 0.717) is 11.7 Å². The third-order valence-corrected chi connectivity index (χ3v) is 11.9. The highest BCUT2D eigenvalue weighted by Crippen LogP contribution is 2.66. The molecule has 1 saturated heterocycles. The lowest BCUT2D eigenvalue weighted by Crippen LogP contribution is -2.71. The molecule has 0 spiro atoms. The molecular formula is C36H46BN5O8S. The molecule has 4 fully saturated rings. The van der Waals surface area contributed by atoms with Crippen molar-refractivity contribution >= 4 is 41.8 Å². The molecule has 2 heterocycles. The lowest BCUT2D eigenvalue weighted by molar-refractivity contribution is -0.199. The second-order valence-electron chi connectivity index (χ2n) is 15.4. The largest absolute Gasteiger partial charge is 0.496 e. The number of carbonyl (C=O) groups is 3. The number of benzene rings is 2. The molecular weight excluding hydrogens is 673 g/mol. The van der Waals surface area contributed by atoms with E-state index in [9.17, 15) is 14.4 Å². The van der Waals surface area contributed by atoms with Crippen LogP contribution in [0.15, 0.2) is 54.6 Å². The number of rotatable bonds is 11. The van der Waals surface area contributed by atoms with E-state index in [2.05, 4.69) is 40.8 Å². The Morgan fingerprint density at radius 1 is 1.06 bits per heavy atom. The molecule has 2 amide bonds. The number of hydrogen-bond acceptors (Lipinski definition) is 12. The Kier molecular flexibility index (Phi) is 9.96. The van der Waals surface area contributed by atoms with E-state index >= 15 is 0 Å². The van der Waals surface area contributed by atoms with Crippen LogP contribution in [0.4, 0.5) is 9.93 Å². The van der Waals surface area contributed by atoms with Crippen LogP contribution in [-0.4, -0.2) is 65.3 Å². The molecule has 4 aliphatic rings. The van der Waals surface area contributed by atoms with Gasteiger partial charge < -0.3 is 34.6 Å². The summed E-state index contributed by atoms with van der Waals surface area (Å²) < 4.78 is 34.6. The van der Waals surface area contributed by atoms with Crippen molar-refractivity contribution in [2.45, 2.75) is 84.2 Å². The summed E-state index contributed by atoms with van der Waals surface area (Å²) >= 11 is 0.863. The fraction of sp³-hybridized carbons (Fsp3) is 0.528. The van der Waals surface area contributed by atoms with Crippen LogP contribution in [0.5, 0.6) is 5.75 Å². The molecule has 1 aliphatic heterocycles. The minimum Gasteiger partial charge on any atom is -0.496 e. The van der Waals surface area contributed by atoms with Crippen LogP contribution in [0.1, 0.15) is 82.2 Å². The Morgan fingerprint density at radius 3 is 2.45 bits per heavy atom. The van der Waals surface area contributed by atoms with E-state index in [1.807, 2.05) is 51.1 Å². The van der Waals surface area contributed by atoms with E-state index < -0.39 is 47.6 Å². The third kappa shape index (κ3) is 6.84. The van der Waals surface area contributed by atoms with Gasteiger partial charge >= 0.3 is 19.2 Å².